The van der Waals surface area contributed by atoms with Crippen molar-refractivity contribution >= 4 is 23.4 Å². The second-order valence-electron chi connectivity index (χ2n) is 9.03. The zero-order valence-corrected chi connectivity index (χ0v) is 20.8. The van der Waals surface area contributed by atoms with Gasteiger partial charge >= 0.3 is 0 Å². The van der Waals surface area contributed by atoms with Crippen LogP contribution in [0.1, 0.15) is 35.4 Å². The number of rotatable bonds is 11. The van der Waals surface area contributed by atoms with Crippen molar-refractivity contribution in [2.24, 2.45) is 0 Å². The van der Waals surface area contributed by atoms with Crippen LogP contribution in [0, 0.1) is 0 Å². The van der Waals surface area contributed by atoms with Crippen LogP contribution in [0.3, 0.4) is 0 Å². The Morgan fingerprint density at radius 2 is 1.94 bits per heavy atom. The van der Waals surface area contributed by atoms with Crippen molar-refractivity contribution in [2.75, 3.05) is 59.1 Å². The molecule has 35 heavy (non-hydrogen) atoms. The maximum Gasteiger partial charge on any atom is 0.254 e. The second kappa shape index (κ2) is 13.1. The molecule has 9 heteroatoms. The lowest BCUT2D eigenvalue weighted by Crippen LogP contribution is -2.46. The molecule has 1 atom stereocenters. The number of carbonyl (C=O) groups is 2. The maximum absolute atomic E-state index is 13.5. The third-order valence-electron chi connectivity index (χ3n) is 6.42. The molecule has 0 N–H and O–H groups in total. The number of carbonyl (C=O) groups excluding carboxylic acids is 2. The molecule has 0 bridgehead atoms. The summed E-state index contributed by atoms with van der Waals surface area (Å²) in [5.74, 6) is 0.382. The molecule has 4 rings (SSSR count). The van der Waals surface area contributed by atoms with E-state index in [1.54, 1.807) is 40.3 Å². The van der Waals surface area contributed by atoms with Gasteiger partial charge in [0.25, 0.3) is 5.91 Å². The van der Waals surface area contributed by atoms with Crippen molar-refractivity contribution in [3.05, 3.63) is 59.0 Å². The number of amides is 2. The highest BCUT2D eigenvalue weighted by Gasteiger charge is 2.27. The Hall–Kier alpha value is -2.39. The van der Waals surface area contributed by atoms with E-state index in [-0.39, 0.29) is 24.5 Å². The number of nitrogens with zero attached hydrogens (tertiary/aromatic N) is 3. The first kappa shape index (κ1) is 25.7. The van der Waals surface area contributed by atoms with Gasteiger partial charge in [-0.05, 0) is 49.6 Å². The summed E-state index contributed by atoms with van der Waals surface area (Å²) in [7, 11) is 0. The lowest BCUT2D eigenvalue weighted by Gasteiger charge is -2.30. The topological polar surface area (TPSA) is 75.5 Å². The molecule has 3 heterocycles. The molecular formula is C26H34ClN3O5. The van der Waals surface area contributed by atoms with E-state index >= 15 is 0 Å². The number of furan rings is 1. The molecule has 0 spiro atoms. The van der Waals surface area contributed by atoms with E-state index in [0.717, 1.165) is 52.1 Å². The van der Waals surface area contributed by atoms with Gasteiger partial charge in [0.05, 0.1) is 32.1 Å². The quantitative estimate of drug-likeness (QED) is 0.468. The monoisotopic (exact) mass is 503 g/mol. The molecule has 2 amide bonds. The number of halogens is 1. The fourth-order valence-electron chi connectivity index (χ4n) is 4.51. The SMILES string of the molecule is O=C(CN(CCCN1CCOCC1)C(=O)c1cccc(Cl)c1)N(Cc1ccco1)CC1CCCO1. The van der Waals surface area contributed by atoms with E-state index < -0.39 is 0 Å². The minimum atomic E-state index is -0.196. The third-order valence-corrected chi connectivity index (χ3v) is 6.65. The van der Waals surface area contributed by atoms with Gasteiger partial charge in [-0.3, -0.25) is 14.5 Å². The fourth-order valence-corrected chi connectivity index (χ4v) is 4.70. The summed E-state index contributed by atoms with van der Waals surface area (Å²) in [6.45, 7) is 6.09. The predicted octanol–water partition coefficient (Wildman–Crippen LogP) is 3.31. The Balaban J connectivity index is 1.44. The molecule has 1 aromatic heterocycles. The van der Waals surface area contributed by atoms with Crippen molar-refractivity contribution in [3.8, 4) is 0 Å². The van der Waals surface area contributed by atoms with Crippen LogP contribution >= 0.6 is 11.6 Å². The van der Waals surface area contributed by atoms with Crippen LogP contribution in [0.4, 0.5) is 0 Å². The van der Waals surface area contributed by atoms with Crippen LogP contribution in [0.15, 0.2) is 47.1 Å². The van der Waals surface area contributed by atoms with Crippen molar-refractivity contribution in [3.63, 3.8) is 0 Å². The minimum Gasteiger partial charge on any atom is -0.467 e. The van der Waals surface area contributed by atoms with Gasteiger partial charge in [0.1, 0.15) is 12.3 Å². The van der Waals surface area contributed by atoms with Crippen molar-refractivity contribution in [2.45, 2.75) is 31.9 Å². The molecule has 0 saturated carbocycles. The predicted molar refractivity (Wildman–Crippen MR) is 132 cm³/mol. The Morgan fingerprint density at radius 1 is 1.09 bits per heavy atom. The first-order chi connectivity index (χ1) is 17.1. The van der Waals surface area contributed by atoms with Crippen LogP contribution < -0.4 is 0 Å². The molecule has 2 aromatic rings. The van der Waals surface area contributed by atoms with E-state index in [4.69, 9.17) is 25.5 Å². The van der Waals surface area contributed by atoms with Crippen molar-refractivity contribution < 1.29 is 23.5 Å². The Labute approximate surface area is 211 Å². The van der Waals surface area contributed by atoms with Crippen LogP contribution in [-0.4, -0.2) is 91.7 Å². The highest BCUT2D eigenvalue weighted by molar-refractivity contribution is 6.31. The fraction of sp³-hybridized carbons (Fsp3) is 0.538. The summed E-state index contributed by atoms with van der Waals surface area (Å²) < 4.78 is 16.7. The van der Waals surface area contributed by atoms with Gasteiger partial charge in [-0.1, -0.05) is 17.7 Å². The standard InChI is InChI=1S/C26H34ClN3O5/c27-22-6-1-5-21(17-22)26(32)29(10-4-9-28-11-15-33-16-12-28)20-25(31)30(18-23-7-2-13-34-23)19-24-8-3-14-35-24/h1-2,5-7,13,17,24H,3-4,8-12,14-16,18-20H2. The van der Waals surface area contributed by atoms with Gasteiger partial charge in [-0.15, -0.1) is 0 Å². The number of ether oxygens (including phenoxy) is 2. The normalized spacial score (nSPS) is 18.5. The minimum absolute atomic E-state index is 0.00677. The van der Waals surface area contributed by atoms with Gasteiger partial charge in [0.2, 0.25) is 5.91 Å². The summed E-state index contributed by atoms with van der Waals surface area (Å²) >= 11 is 6.14. The zero-order valence-electron chi connectivity index (χ0n) is 20.1. The van der Waals surface area contributed by atoms with E-state index in [1.807, 2.05) is 12.1 Å². The lowest BCUT2D eigenvalue weighted by atomic mass is 10.2. The molecule has 2 aliphatic rings. The summed E-state index contributed by atoms with van der Waals surface area (Å²) in [4.78, 5) is 32.6. The molecule has 0 aliphatic carbocycles. The molecule has 190 valence electrons. The molecule has 0 radical (unpaired) electrons. The summed E-state index contributed by atoms with van der Waals surface area (Å²) in [6, 6.07) is 10.5. The van der Waals surface area contributed by atoms with E-state index in [9.17, 15) is 9.59 Å². The molecule has 8 nitrogen and oxygen atoms in total. The number of hydrogen-bond donors (Lipinski definition) is 0. The van der Waals surface area contributed by atoms with Gasteiger partial charge in [-0.2, -0.15) is 0 Å². The zero-order chi connectivity index (χ0) is 24.5. The third kappa shape index (κ3) is 7.80. The molecular weight excluding hydrogens is 470 g/mol. The van der Waals surface area contributed by atoms with Gasteiger partial charge < -0.3 is 23.7 Å². The number of hydrogen-bond acceptors (Lipinski definition) is 6. The first-order valence-electron chi connectivity index (χ1n) is 12.3. The van der Waals surface area contributed by atoms with E-state index in [1.165, 1.54) is 0 Å². The average molecular weight is 504 g/mol. The summed E-state index contributed by atoms with van der Waals surface area (Å²) in [5, 5.41) is 0.494. The van der Waals surface area contributed by atoms with E-state index in [0.29, 0.717) is 42.6 Å². The Morgan fingerprint density at radius 3 is 2.66 bits per heavy atom. The van der Waals surface area contributed by atoms with Gasteiger partial charge in [-0.25, -0.2) is 0 Å². The maximum atomic E-state index is 13.5. The summed E-state index contributed by atoms with van der Waals surface area (Å²) in [6.07, 6.45) is 4.29. The highest BCUT2D eigenvalue weighted by atomic mass is 35.5. The molecule has 1 aromatic carbocycles. The number of benzene rings is 1. The van der Waals surface area contributed by atoms with Gasteiger partial charge in [0.15, 0.2) is 0 Å². The number of morpholine rings is 1. The first-order valence-corrected chi connectivity index (χ1v) is 12.7. The Bertz CT molecular complexity index is 942. The molecule has 2 saturated heterocycles. The largest absolute Gasteiger partial charge is 0.467 e. The van der Waals surface area contributed by atoms with Crippen LogP contribution in [0.25, 0.3) is 0 Å². The van der Waals surface area contributed by atoms with E-state index in [2.05, 4.69) is 4.90 Å². The van der Waals surface area contributed by atoms with Crippen LogP contribution in [0.2, 0.25) is 5.02 Å². The second-order valence-corrected chi connectivity index (χ2v) is 9.47. The van der Waals surface area contributed by atoms with Crippen LogP contribution in [-0.2, 0) is 20.8 Å². The average Bonchev–Trinajstić information content (AvgIpc) is 3.58. The van der Waals surface area contributed by atoms with Crippen molar-refractivity contribution in [1.82, 2.24) is 14.7 Å². The molecule has 2 aliphatic heterocycles. The Kier molecular flexibility index (Phi) is 9.59. The molecule has 2 fully saturated rings. The summed E-state index contributed by atoms with van der Waals surface area (Å²) in [5.41, 5.74) is 0.480. The molecule has 1 unspecified atom stereocenters. The highest BCUT2D eigenvalue weighted by Crippen LogP contribution is 2.17. The van der Waals surface area contributed by atoms with Crippen LogP contribution in [0.5, 0.6) is 0 Å². The smallest absolute Gasteiger partial charge is 0.254 e. The van der Waals surface area contributed by atoms with Gasteiger partial charge in [0, 0.05) is 49.9 Å². The lowest BCUT2D eigenvalue weighted by molar-refractivity contribution is -0.134. The van der Waals surface area contributed by atoms with Crippen molar-refractivity contribution in [1.29, 1.82) is 0 Å².